The minimum absolute atomic E-state index is 0.232. The second-order valence-corrected chi connectivity index (χ2v) is 9.08. The summed E-state index contributed by atoms with van der Waals surface area (Å²) in [5.74, 6) is 1.35. The number of hydrogen-bond acceptors (Lipinski definition) is 4. The molecule has 144 valence electrons. The molecule has 0 aliphatic heterocycles. The number of hydrogen-bond donors (Lipinski definition) is 1. The molecule has 2 aromatic carbocycles. The molecule has 0 aliphatic rings. The predicted molar refractivity (Wildman–Crippen MR) is 129 cm³/mol. The monoisotopic (exact) mass is 664 g/mol. The molecular weight excluding hydrogens is 650 g/mol. The van der Waals surface area contributed by atoms with Gasteiger partial charge in [-0.25, -0.2) is 5.43 Å². The average molecular weight is 665 g/mol. The van der Waals surface area contributed by atoms with Crippen molar-refractivity contribution in [3.8, 4) is 5.75 Å². The molecular formula is C20H15BrI2N2O3. The van der Waals surface area contributed by atoms with Crippen LogP contribution in [0.15, 0.2) is 62.5 Å². The van der Waals surface area contributed by atoms with Crippen molar-refractivity contribution in [2.45, 2.75) is 13.5 Å². The largest absolute Gasteiger partial charge is 0.487 e. The van der Waals surface area contributed by atoms with Gasteiger partial charge in [-0.05, 0) is 99.6 Å². The molecule has 3 rings (SSSR count). The number of aryl methyl sites for hydroxylation is 1. The minimum atomic E-state index is -0.386. The lowest BCUT2D eigenvalue weighted by molar-refractivity contribution is 0.0926. The molecule has 5 nitrogen and oxygen atoms in total. The van der Waals surface area contributed by atoms with E-state index in [1.807, 2.05) is 36.4 Å². The van der Waals surface area contributed by atoms with Crippen LogP contribution in [0.4, 0.5) is 0 Å². The lowest BCUT2D eigenvalue weighted by Crippen LogP contribution is -2.16. The molecule has 0 aliphatic carbocycles. The molecule has 1 amide bonds. The Morgan fingerprint density at radius 3 is 2.46 bits per heavy atom. The molecule has 28 heavy (non-hydrogen) atoms. The Morgan fingerprint density at radius 1 is 1.18 bits per heavy atom. The highest BCUT2D eigenvalue weighted by Crippen LogP contribution is 2.29. The van der Waals surface area contributed by atoms with E-state index < -0.39 is 0 Å². The van der Waals surface area contributed by atoms with E-state index in [0.29, 0.717) is 12.4 Å². The molecule has 1 N–H and O–H groups in total. The number of nitrogens with one attached hydrogen (secondary N) is 1. The van der Waals surface area contributed by atoms with Crippen LogP contribution < -0.4 is 10.2 Å². The lowest BCUT2D eigenvalue weighted by Gasteiger charge is -2.11. The number of carbonyl (C=O) groups excluding carboxylic acids is 1. The third-order valence-electron chi connectivity index (χ3n) is 3.66. The fourth-order valence-corrected chi connectivity index (χ4v) is 4.70. The molecule has 1 aromatic heterocycles. The van der Waals surface area contributed by atoms with Gasteiger partial charge in [0.05, 0.1) is 13.4 Å². The molecule has 0 spiro atoms. The van der Waals surface area contributed by atoms with Crippen molar-refractivity contribution in [2.75, 3.05) is 0 Å². The van der Waals surface area contributed by atoms with Gasteiger partial charge < -0.3 is 9.15 Å². The molecule has 0 saturated heterocycles. The fraction of sp³-hybridized carbons (Fsp3) is 0.100. The normalized spacial score (nSPS) is 11.0. The maximum Gasteiger partial charge on any atom is 0.307 e. The predicted octanol–water partition coefficient (Wildman–Crippen LogP) is 5.90. The number of hydrazone groups is 1. The van der Waals surface area contributed by atoms with Crippen LogP contribution >= 0.6 is 61.1 Å². The molecule has 0 saturated carbocycles. The first kappa shape index (κ1) is 21.3. The Balaban J connectivity index is 1.63. The molecule has 0 radical (unpaired) electrons. The van der Waals surface area contributed by atoms with E-state index in [4.69, 9.17) is 9.15 Å². The second kappa shape index (κ2) is 9.88. The summed E-state index contributed by atoms with van der Waals surface area (Å²) < 4.78 is 14.2. The quantitative estimate of drug-likeness (QED) is 0.203. The van der Waals surface area contributed by atoms with Gasteiger partial charge in [-0.15, -0.1) is 0 Å². The van der Waals surface area contributed by atoms with Crippen LogP contribution in [0.1, 0.15) is 27.4 Å². The van der Waals surface area contributed by atoms with Gasteiger partial charge in [0.15, 0.2) is 5.76 Å². The van der Waals surface area contributed by atoms with E-state index in [0.717, 1.165) is 28.5 Å². The van der Waals surface area contributed by atoms with Crippen molar-refractivity contribution in [3.63, 3.8) is 0 Å². The fourth-order valence-electron chi connectivity index (χ4n) is 2.31. The SMILES string of the molecule is Cc1ccc(C(=O)N/N=C\c2cc(I)c(OCc3ccc(Br)cc3)c(I)c2)o1. The number of benzene rings is 2. The molecule has 1 heterocycles. The highest BCUT2D eigenvalue weighted by molar-refractivity contribution is 14.1. The smallest absolute Gasteiger partial charge is 0.307 e. The number of halogens is 3. The Kier molecular flexibility index (Phi) is 7.52. The number of nitrogens with zero attached hydrogens (tertiary/aromatic N) is 1. The maximum absolute atomic E-state index is 11.9. The van der Waals surface area contributed by atoms with Crippen molar-refractivity contribution in [1.29, 1.82) is 0 Å². The summed E-state index contributed by atoms with van der Waals surface area (Å²) in [6.07, 6.45) is 1.59. The van der Waals surface area contributed by atoms with E-state index >= 15 is 0 Å². The minimum Gasteiger partial charge on any atom is -0.487 e. The summed E-state index contributed by atoms with van der Waals surface area (Å²) >= 11 is 7.90. The number of carbonyl (C=O) groups is 1. The van der Waals surface area contributed by atoms with E-state index in [9.17, 15) is 4.79 Å². The number of furan rings is 1. The van der Waals surface area contributed by atoms with Crippen LogP contribution in [-0.2, 0) is 6.61 Å². The van der Waals surface area contributed by atoms with Gasteiger partial charge in [-0.1, -0.05) is 28.1 Å². The highest BCUT2D eigenvalue weighted by atomic mass is 127. The molecule has 8 heteroatoms. The van der Waals surface area contributed by atoms with Gasteiger partial charge in [-0.3, -0.25) is 4.79 Å². The van der Waals surface area contributed by atoms with Gasteiger partial charge in [-0.2, -0.15) is 5.10 Å². The van der Waals surface area contributed by atoms with E-state index in [1.54, 1.807) is 25.3 Å². The first-order valence-electron chi connectivity index (χ1n) is 8.18. The van der Waals surface area contributed by atoms with Crippen molar-refractivity contribution in [2.24, 2.45) is 5.10 Å². The Bertz CT molecular complexity index is 994. The molecule has 0 fully saturated rings. The van der Waals surface area contributed by atoms with Gasteiger partial charge in [0.25, 0.3) is 0 Å². The summed E-state index contributed by atoms with van der Waals surface area (Å²) in [6, 6.07) is 15.3. The zero-order valence-corrected chi connectivity index (χ0v) is 20.6. The summed E-state index contributed by atoms with van der Waals surface area (Å²) in [7, 11) is 0. The van der Waals surface area contributed by atoms with Gasteiger partial charge in [0.2, 0.25) is 0 Å². The lowest BCUT2D eigenvalue weighted by atomic mass is 10.2. The first-order chi connectivity index (χ1) is 13.4. The third-order valence-corrected chi connectivity index (χ3v) is 5.79. The Labute approximate surface area is 198 Å². The molecule has 3 aromatic rings. The van der Waals surface area contributed by atoms with E-state index in [1.165, 1.54) is 0 Å². The van der Waals surface area contributed by atoms with Crippen LogP contribution in [0.5, 0.6) is 5.75 Å². The standard InChI is InChI=1S/C20H15BrI2N2O3/c1-12-2-7-18(28-12)20(26)25-24-10-14-8-16(22)19(17(23)9-14)27-11-13-3-5-15(21)6-4-13/h2-10H,11H2,1H3,(H,25,26)/b24-10-. The number of ether oxygens (including phenoxy) is 1. The van der Waals surface area contributed by atoms with Crippen molar-refractivity contribution >= 4 is 73.2 Å². The second-order valence-electron chi connectivity index (χ2n) is 5.84. The van der Waals surface area contributed by atoms with Crippen LogP contribution in [0, 0.1) is 14.1 Å². The number of rotatable bonds is 6. The molecule has 0 bridgehead atoms. The van der Waals surface area contributed by atoms with Gasteiger partial charge >= 0.3 is 5.91 Å². The van der Waals surface area contributed by atoms with Crippen molar-refractivity contribution < 1.29 is 13.9 Å². The van der Waals surface area contributed by atoms with Crippen molar-refractivity contribution in [3.05, 3.63) is 82.8 Å². The Morgan fingerprint density at radius 2 is 1.86 bits per heavy atom. The van der Waals surface area contributed by atoms with E-state index in [-0.39, 0.29) is 11.7 Å². The van der Waals surface area contributed by atoms with Gasteiger partial charge in [0.1, 0.15) is 18.1 Å². The zero-order chi connectivity index (χ0) is 20.1. The van der Waals surface area contributed by atoms with E-state index in [2.05, 4.69) is 71.6 Å². The topological polar surface area (TPSA) is 63.8 Å². The number of amides is 1. The van der Waals surface area contributed by atoms with Gasteiger partial charge in [0, 0.05) is 4.47 Å². The Hall–Kier alpha value is -1.40. The first-order valence-corrected chi connectivity index (χ1v) is 11.1. The summed E-state index contributed by atoms with van der Waals surface area (Å²) in [5, 5.41) is 4.00. The highest BCUT2D eigenvalue weighted by Gasteiger charge is 2.10. The van der Waals surface area contributed by atoms with Crippen LogP contribution in [-0.4, -0.2) is 12.1 Å². The summed E-state index contributed by atoms with van der Waals surface area (Å²) in [5.41, 5.74) is 4.42. The summed E-state index contributed by atoms with van der Waals surface area (Å²) in [4.78, 5) is 11.9. The average Bonchev–Trinajstić information content (AvgIpc) is 3.09. The van der Waals surface area contributed by atoms with Crippen LogP contribution in [0.25, 0.3) is 0 Å². The third kappa shape index (κ3) is 5.80. The van der Waals surface area contributed by atoms with Crippen LogP contribution in [0.2, 0.25) is 0 Å². The summed E-state index contributed by atoms with van der Waals surface area (Å²) in [6.45, 7) is 2.27. The van der Waals surface area contributed by atoms with Crippen molar-refractivity contribution in [1.82, 2.24) is 5.43 Å². The zero-order valence-electron chi connectivity index (χ0n) is 14.7. The molecule has 0 atom stereocenters. The maximum atomic E-state index is 11.9. The molecule has 0 unspecified atom stereocenters. The van der Waals surface area contributed by atoms with Crippen LogP contribution in [0.3, 0.4) is 0 Å².